The average Bonchev–Trinajstić information content (AvgIpc) is 3.10. The highest BCUT2D eigenvalue weighted by Gasteiger charge is 2.45. The summed E-state index contributed by atoms with van der Waals surface area (Å²) in [5, 5.41) is 11.4. The van der Waals surface area contributed by atoms with Gasteiger partial charge in [0, 0.05) is 12.1 Å². The monoisotopic (exact) mass is 479 g/mol. The number of aliphatic hydroxyl groups is 1. The van der Waals surface area contributed by atoms with Crippen LogP contribution in [-0.2, 0) is 9.59 Å². The fourth-order valence-corrected chi connectivity index (χ4v) is 4.37. The number of Topliss-reactive ketones (excluding diaryl/α,β-unsaturated/α-hetero) is 1. The maximum absolute atomic E-state index is 13.2. The molecule has 188 valence electrons. The van der Waals surface area contributed by atoms with Gasteiger partial charge < -0.3 is 19.5 Å². The van der Waals surface area contributed by atoms with Gasteiger partial charge in [0.25, 0.3) is 11.7 Å². The number of carbonyl (C=O) groups excluding carboxylic acids is 2. The van der Waals surface area contributed by atoms with Crippen LogP contribution in [-0.4, -0.2) is 41.5 Å². The Labute approximate surface area is 208 Å². The van der Waals surface area contributed by atoms with Gasteiger partial charge >= 0.3 is 0 Å². The van der Waals surface area contributed by atoms with E-state index in [1.807, 2.05) is 64.1 Å². The van der Waals surface area contributed by atoms with E-state index in [4.69, 9.17) is 9.47 Å². The number of hydrogen-bond acceptors (Lipinski definition) is 5. The van der Waals surface area contributed by atoms with Crippen LogP contribution in [0.3, 0.4) is 0 Å². The maximum atomic E-state index is 13.2. The van der Waals surface area contributed by atoms with Crippen molar-refractivity contribution >= 4 is 17.4 Å². The molecule has 0 aliphatic carbocycles. The molecule has 35 heavy (non-hydrogen) atoms. The molecule has 6 nitrogen and oxygen atoms in total. The number of unbranched alkanes of at least 4 members (excludes halogenated alkanes) is 1. The molecular formula is C29H37NO5. The Kier molecular flexibility index (Phi) is 8.96. The molecule has 0 aromatic heterocycles. The molecule has 2 aromatic rings. The Morgan fingerprint density at radius 2 is 1.71 bits per heavy atom. The van der Waals surface area contributed by atoms with Crippen molar-refractivity contribution in [3.05, 3.63) is 64.7 Å². The third-order valence-electron chi connectivity index (χ3n) is 6.17. The summed E-state index contributed by atoms with van der Waals surface area (Å²) < 4.78 is 11.5. The number of hydrogen-bond donors (Lipinski definition) is 1. The van der Waals surface area contributed by atoms with Crippen molar-refractivity contribution in [2.45, 2.75) is 65.8 Å². The molecule has 1 amide bonds. The van der Waals surface area contributed by atoms with Crippen LogP contribution >= 0.6 is 0 Å². The molecule has 0 bridgehead atoms. The predicted octanol–water partition coefficient (Wildman–Crippen LogP) is 6.22. The highest BCUT2D eigenvalue weighted by molar-refractivity contribution is 6.46. The van der Waals surface area contributed by atoms with E-state index in [0.717, 1.165) is 35.5 Å². The van der Waals surface area contributed by atoms with Crippen molar-refractivity contribution < 1.29 is 24.2 Å². The second-order valence-electron chi connectivity index (χ2n) is 9.10. The van der Waals surface area contributed by atoms with Gasteiger partial charge in [-0.25, -0.2) is 0 Å². The second-order valence-corrected chi connectivity index (χ2v) is 9.10. The lowest BCUT2D eigenvalue weighted by Crippen LogP contribution is -2.30. The Hall–Kier alpha value is -3.28. The topological polar surface area (TPSA) is 76.1 Å². The normalized spacial score (nSPS) is 17.3. The van der Waals surface area contributed by atoms with Crippen LogP contribution in [0.25, 0.3) is 5.76 Å². The summed E-state index contributed by atoms with van der Waals surface area (Å²) in [6.45, 7) is 11.7. The summed E-state index contributed by atoms with van der Waals surface area (Å²) in [7, 11) is 0. The number of likely N-dealkylation sites (tertiary alicyclic amines) is 1. The highest BCUT2D eigenvalue weighted by atomic mass is 16.5. The fourth-order valence-electron chi connectivity index (χ4n) is 4.37. The van der Waals surface area contributed by atoms with Gasteiger partial charge in [-0.2, -0.15) is 0 Å². The van der Waals surface area contributed by atoms with Crippen molar-refractivity contribution in [1.29, 1.82) is 0 Å². The SMILES string of the molecule is CCCCOc1ccc(C2/C(=C(/O)c3ccc(OCC)c(C(C)C)c3)C(=O)C(=O)N2CCC)cc1. The molecule has 3 rings (SSSR count). The van der Waals surface area contributed by atoms with Crippen LogP contribution in [0.1, 0.15) is 82.5 Å². The van der Waals surface area contributed by atoms with E-state index >= 15 is 0 Å². The van der Waals surface area contributed by atoms with Crippen LogP contribution in [0.4, 0.5) is 0 Å². The van der Waals surface area contributed by atoms with Gasteiger partial charge in [0.15, 0.2) is 0 Å². The summed E-state index contributed by atoms with van der Waals surface area (Å²) in [5.41, 5.74) is 2.30. The molecule has 1 N–H and O–H groups in total. The lowest BCUT2D eigenvalue weighted by molar-refractivity contribution is -0.139. The Morgan fingerprint density at radius 3 is 2.31 bits per heavy atom. The minimum atomic E-state index is -0.663. The standard InChI is InChI=1S/C29H37NO5/c1-6-9-17-35-22-13-10-20(11-14-22)26-25(28(32)29(33)30(26)16-7-2)27(31)21-12-15-24(34-8-3)23(18-21)19(4)5/h10-15,18-19,26,31H,6-9,16-17H2,1-5H3/b27-25-. The minimum absolute atomic E-state index is 0.113. The van der Waals surface area contributed by atoms with E-state index < -0.39 is 17.7 Å². The highest BCUT2D eigenvalue weighted by Crippen LogP contribution is 2.41. The van der Waals surface area contributed by atoms with Gasteiger partial charge in [0.2, 0.25) is 0 Å². The minimum Gasteiger partial charge on any atom is -0.507 e. The average molecular weight is 480 g/mol. The smallest absolute Gasteiger partial charge is 0.295 e. The van der Waals surface area contributed by atoms with Crippen molar-refractivity contribution in [1.82, 2.24) is 4.90 Å². The summed E-state index contributed by atoms with van der Waals surface area (Å²) in [4.78, 5) is 27.7. The molecule has 1 unspecified atom stereocenters. The van der Waals surface area contributed by atoms with Crippen molar-refractivity contribution in [3.8, 4) is 11.5 Å². The summed E-state index contributed by atoms with van der Waals surface area (Å²) in [6, 6.07) is 12.2. The Bertz CT molecular complexity index is 1070. The van der Waals surface area contributed by atoms with Crippen molar-refractivity contribution in [3.63, 3.8) is 0 Å². The number of nitrogens with zero attached hydrogens (tertiary/aromatic N) is 1. The van der Waals surface area contributed by atoms with Gasteiger partial charge in [-0.3, -0.25) is 9.59 Å². The number of amides is 1. The molecular weight excluding hydrogens is 442 g/mol. The summed E-state index contributed by atoms with van der Waals surface area (Å²) in [6.07, 6.45) is 2.72. The number of aliphatic hydroxyl groups excluding tert-OH is 1. The van der Waals surface area contributed by atoms with Crippen molar-refractivity contribution in [2.75, 3.05) is 19.8 Å². The molecule has 1 atom stereocenters. The quantitative estimate of drug-likeness (QED) is 0.179. The molecule has 0 saturated carbocycles. The fraction of sp³-hybridized carbons (Fsp3) is 0.448. The summed E-state index contributed by atoms with van der Waals surface area (Å²) >= 11 is 0. The van der Waals surface area contributed by atoms with Crippen molar-refractivity contribution in [2.24, 2.45) is 0 Å². The first-order valence-electron chi connectivity index (χ1n) is 12.6. The number of carbonyl (C=O) groups is 2. The summed E-state index contributed by atoms with van der Waals surface area (Å²) in [5.74, 6) is 0.229. The number of ether oxygens (including phenoxy) is 2. The van der Waals surface area contributed by atoms with E-state index in [1.165, 1.54) is 0 Å². The van der Waals surface area contributed by atoms with Gasteiger partial charge in [0.05, 0.1) is 24.8 Å². The molecule has 2 aromatic carbocycles. The number of rotatable bonds is 11. The lowest BCUT2D eigenvalue weighted by atomic mass is 9.93. The van der Waals surface area contributed by atoms with Gasteiger partial charge in [-0.05, 0) is 67.1 Å². The maximum Gasteiger partial charge on any atom is 0.295 e. The van der Waals surface area contributed by atoms with Gasteiger partial charge in [-0.15, -0.1) is 0 Å². The van der Waals surface area contributed by atoms with E-state index in [-0.39, 0.29) is 17.3 Å². The van der Waals surface area contributed by atoms with Gasteiger partial charge in [0.1, 0.15) is 17.3 Å². The third kappa shape index (κ3) is 5.69. The van der Waals surface area contributed by atoms with Crippen LogP contribution in [0, 0.1) is 0 Å². The largest absolute Gasteiger partial charge is 0.507 e. The first-order valence-corrected chi connectivity index (χ1v) is 12.6. The molecule has 1 saturated heterocycles. The lowest BCUT2D eigenvalue weighted by Gasteiger charge is -2.25. The zero-order valence-corrected chi connectivity index (χ0v) is 21.5. The predicted molar refractivity (Wildman–Crippen MR) is 138 cm³/mol. The first-order chi connectivity index (χ1) is 16.8. The Balaban J connectivity index is 2.08. The first kappa shape index (κ1) is 26.3. The molecule has 1 heterocycles. The van der Waals surface area contributed by atoms with Crippen LogP contribution in [0.2, 0.25) is 0 Å². The van der Waals surface area contributed by atoms with Crippen LogP contribution < -0.4 is 9.47 Å². The zero-order valence-electron chi connectivity index (χ0n) is 21.5. The van der Waals surface area contributed by atoms with Gasteiger partial charge in [-0.1, -0.05) is 46.2 Å². The second kappa shape index (κ2) is 11.9. The third-order valence-corrected chi connectivity index (χ3v) is 6.17. The molecule has 6 heteroatoms. The van der Waals surface area contributed by atoms with E-state index in [2.05, 4.69) is 6.92 Å². The molecule has 0 radical (unpaired) electrons. The molecule has 1 aliphatic rings. The molecule has 0 spiro atoms. The zero-order chi connectivity index (χ0) is 25.5. The number of ketones is 1. The van der Waals surface area contributed by atoms with E-state index in [9.17, 15) is 14.7 Å². The Morgan fingerprint density at radius 1 is 1.00 bits per heavy atom. The van der Waals surface area contributed by atoms with E-state index in [0.29, 0.717) is 31.7 Å². The molecule has 1 fully saturated rings. The molecule has 1 aliphatic heterocycles. The van der Waals surface area contributed by atoms with Crippen LogP contribution in [0.5, 0.6) is 11.5 Å². The van der Waals surface area contributed by atoms with E-state index in [1.54, 1.807) is 11.0 Å². The number of benzene rings is 2. The van der Waals surface area contributed by atoms with Crippen LogP contribution in [0.15, 0.2) is 48.0 Å².